The number of aromatic nitrogens is 2. The van der Waals surface area contributed by atoms with Crippen molar-refractivity contribution in [2.75, 3.05) is 13.1 Å². The van der Waals surface area contributed by atoms with E-state index in [-0.39, 0.29) is 24.3 Å². The van der Waals surface area contributed by atoms with Crippen molar-refractivity contribution in [2.24, 2.45) is 5.92 Å². The molecule has 0 aromatic carbocycles. The molecule has 0 unspecified atom stereocenters. The Labute approximate surface area is 169 Å². The third-order valence-electron chi connectivity index (χ3n) is 4.44. The van der Waals surface area contributed by atoms with Crippen LogP contribution in [-0.2, 0) is 16.0 Å². The fourth-order valence-electron chi connectivity index (χ4n) is 3.08. The zero-order chi connectivity index (χ0) is 20.3. The average molecular weight is 403 g/mol. The summed E-state index contributed by atoms with van der Waals surface area (Å²) in [5.74, 6) is 0.175. The van der Waals surface area contributed by atoms with E-state index in [9.17, 15) is 9.59 Å². The second kappa shape index (κ2) is 8.26. The van der Waals surface area contributed by atoms with Gasteiger partial charge < -0.3 is 15.0 Å². The summed E-state index contributed by atoms with van der Waals surface area (Å²) >= 11 is 1.48. The first-order valence-electron chi connectivity index (χ1n) is 9.34. The number of rotatable bonds is 4. The molecule has 1 aliphatic heterocycles. The molecule has 1 fully saturated rings. The smallest absolute Gasteiger partial charge is 0.407 e. The molecule has 1 aliphatic rings. The van der Waals surface area contributed by atoms with Gasteiger partial charge in [-0.05, 0) is 38.8 Å². The third-order valence-corrected chi connectivity index (χ3v) is 5.35. The molecule has 0 radical (unpaired) electrons. The number of carbonyl (C=O) groups is 2. The Morgan fingerprint density at radius 1 is 1.32 bits per heavy atom. The molecule has 3 rings (SSSR count). The topological polar surface area (TPSA) is 84.4 Å². The van der Waals surface area contributed by atoms with Gasteiger partial charge >= 0.3 is 6.09 Å². The van der Waals surface area contributed by atoms with E-state index >= 15 is 0 Å². The zero-order valence-electron chi connectivity index (χ0n) is 16.6. The lowest BCUT2D eigenvalue weighted by molar-refractivity contribution is -0.129. The summed E-state index contributed by atoms with van der Waals surface area (Å²) in [4.78, 5) is 35.3. The van der Waals surface area contributed by atoms with Gasteiger partial charge in [-0.25, -0.2) is 9.78 Å². The van der Waals surface area contributed by atoms with Crippen molar-refractivity contribution >= 4 is 23.3 Å². The maximum absolute atomic E-state index is 12.7. The highest BCUT2D eigenvalue weighted by Gasteiger charge is 2.34. The van der Waals surface area contributed by atoms with Crippen LogP contribution in [0.5, 0.6) is 0 Å². The van der Waals surface area contributed by atoms with Crippen LogP contribution in [0.25, 0.3) is 10.7 Å². The number of carbonyl (C=O) groups excluding carboxylic acids is 2. The fraction of sp³-hybridized carbons (Fsp3) is 0.500. The Hall–Kier alpha value is -2.48. The summed E-state index contributed by atoms with van der Waals surface area (Å²) in [5, 5.41) is 5.59. The van der Waals surface area contributed by atoms with Crippen LogP contribution in [0.4, 0.5) is 4.79 Å². The molecule has 150 valence electrons. The second-order valence-electron chi connectivity index (χ2n) is 8.06. The molecule has 8 heteroatoms. The number of ether oxygens (including phenoxy) is 1. The maximum atomic E-state index is 12.7. The number of hydrogen-bond donors (Lipinski definition) is 1. The van der Waals surface area contributed by atoms with Gasteiger partial charge in [-0.2, -0.15) is 0 Å². The molecule has 2 aromatic rings. The largest absolute Gasteiger partial charge is 0.444 e. The Morgan fingerprint density at radius 3 is 2.79 bits per heavy atom. The number of alkyl carbamates (subject to hydrolysis) is 1. The van der Waals surface area contributed by atoms with E-state index in [1.165, 1.54) is 11.3 Å². The number of nitrogens with one attached hydrogen (secondary N) is 1. The second-order valence-corrected chi connectivity index (χ2v) is 8.92. The third kappa shape index (κ3) is 5.28. The van der Waals surface area contributed by atoms with Crippen LogP contribution in [0.15, 0.2) is 29.8 Å². The summed E-state index contributed by atoms with van der Waals surface area (Å²) in [6.07, 6.45) is 1.53. The molecule has 1 saturated heterocycles. The molecule has 2 atom stereocenters. The molecule has 1 N–H and O–H groups in total. The van der Waals surface area contributed by atoms with Crippen LogP contribution in [0.2, 0.25) is 0 Å². The average Bonchev–Trinajstić information content (AvgIpc) is 3.21. The van der Waals surface area contributed by atoms with E-state index in [2.05, 4.69) is 15.3 Å². The molecule has 2 amide bonds. The maximum Gasteiger partial charge on any atom is 0.407 e. The predicted molar refractivity (Wildman–Crippen MR) is 108 cm³/mol. The summed E-state index contributed by atoms with van der Waals surface area (Å²) in [5.41, 5.74) is 1.01. The van der Waals surface area contributed by atoms with Gasteiger partial charge in [0.25, 0.3) is 0 Å². The van der Waals surface area contributed by atoms with Crippen molar-refractivity contribution in [3.8, 4) is 10.7 Å². The molecule has 7 nitrogen and oxygen atoms in total. The number of amides is 2. The van der Waals surface area contributed by atoms with Crippen molar-refractivity contribution in [1.82, 2.24) is 20.2 Å². The van der Waals surface area contributed by atoms with Crippen molar-refractivity contribution in [3.05, 3.63) is 35.5 Å². The van der Waals surface area contributed by atoms with Crippen LogP contribution < -0.4 is 5.32 Å². The Morgan fingerprint density at radius 2 is 2.11 bits per heavy atom. The van der Waals surface area contributed by atoms with E-state index in [0.717, 1.165) is 16.4 Å². The van der Waals surface area contributed by atoms with Gasteiger partial charge in [-0.1, -0.05) is 13.0 Å². The highest BCUT2D eigenvalue weighted by atomic mass is 32.1. The predicted octanol–water partition coefficient (Wildman–Crippen LogP) is 3.12. The molecule has 2 aromatic heterocycles. The summed E-state index contributed by atoms with van der Waals surface area (Å²) in [6, 6.07) is 5.56. The number of hydrogen-bond acceptors (Lipinski definition) is 6. The van der Waals surface area contributed by atoms with E-state index < -0.39 is 11.7 Å². The van der Waals surface area contributed by atoms with E-state index in [0.29, 0.717) is 13.1 Å². The minimum atomic E-state index is -0.544. The fourth-order valence-corrected chi connectivity index (χ4v) is 3.87. The first-order chi connectivity index (χ1) is 13.2. The zero-order valence-corrected chi connectivity index (χ0v) is 17.5. The number of nitrogens with zero attached hydrogens (tertiary/aromatic N) is 3. The quantitative estimate of drug-likeness (QED) is 0.849. The molecule has 28 heavy (non-hydrogen) atoms. The van der Waals surface area contributed by atoms with Gasteiger partial charge in [-0.3, -0.25) is 9.78 Å². The van der Waals surface area contributed by atoms with Crippen LogP contribution >= 0.6 is 11.3 Å². The monoisotopic (exact) mass is 402 g/mol. The minimum absolute atomic E-state index is 0.0122. The Bertz CT molecular complexity index is 831. The SMILES string of the molecule is C[C@H]1CN(C(=O)Cc2csc(-c3ccccn3)n2)C[C@@H]1NC(=O)OC(C)(C)C. The Balaban J connectivity index is 1.56. The lowest BCUT2D eigenvalue weighted by atomic mass is 10.1. The molecular formula is C20H26N4O3S. The molecule has 0 aliphatic carbocycles. The molecule has 0 spiro atoms. The summed E-state index contributed by atoms with van der Waals surface area (Å²) in [6.45, 7) is 8.60. The first kappa shape index (κ1) is 20.3. The van der Waals surface area contributed by atoms with Crippen LogP contribution in [0.1, 0.15) is 33.4 Å². The van der Waals surface area contributed by atoms with Crippen LogP contribution in [-0.4, -0.2) is 51.6 Å². The van der Waals surface area contributed by atoms with Crippen molar-refractivity contribution < 1.29 is 14.3 Å². The number of pyridine rings is 1. The van der Waals surface area contributed by atoms with Crippen LogP contribution in [0.3, 0.4) is 0 Å². The normalized spacial score (nSPS) is 19.5. The van der Waals surface area contributed by atoms with E-state index in [1.54, 1.807) is 11.1 Å². The summed E-state index contributed by atoms with van der Waals surface area (Å²) < 4.78 is 5.32. The number of thiazole rings is 1. The van der Waals surface area contributed by atoms with E-state index in [4.69, 9.17) is 4.74 Å². The van der Waals surface area contributed by atoms with Crippen molar-refractivity contribution in [3.63, 3.8) is 0 Å². The van der Waals surface area contributed by atoms with Crippen LogP contribution in [0, 0.1) is 5.92 Å². The van der Waals surface area contributed by atoms with Gasteiger partial charge in [0, 0.05) is 24.7 Å². The van der Waals surface area contributed by atoms with Gasteiger partial charge in [0.1, 0.15) is 10.6 Å². The molecular weight excluding hydrogens is 376 g/mol. The van der Waals surface area contributed by atoms with Crippen molar-refractivity contribution in [1.29, 1.82) is 0 Å². The highest BCUT2D eigenvalue weighted by molar-refractivity contribution is 7.13. The van der Waals surface area contributed by atoms with Crippen molar-refractivity contribution in [2.45, 2.75) is 45.8 Å². The van der Waals surface area contributed by atoms with Gasteiger partial charge in [0.2, 0.25) is 5.91 Å². The minimum Gasteiger partial charge on any atom is -0.444 e. The Kier molecular flexibility index (Phi) is 5.98. The first-order valence-corrected chi connectivity index (χ1v) is 10.2. The molecule has 3 heterocycles. The van der Waals surface area contributed by atoms with Gasteiger partial charge in [0.05, 0.1) is 23.9 Å². The molecule has 0 saturated carbocycles. The standard InChI is InChI=1S/C20H26N4O3S/c1-13-10-24(11-16(13)23-19(26)27-20(2,3)4)17(25)9-14-12-28-18(22-14)15-7-5-6-8-21-15/h5-8,12-13,16H,9-11H2,1-4H3,(H,23,26)/t13-,16-/m0/s1. The highest BCUT2D eigenvalue weighted by Crippen LogP contribution is 2.23. The lowest BCUT2D eigenvalue weighted by Crippen LogP contribution is -2.43. The van der Waals surface area contributed by atoms with Gasteiger partial charge in [-0.15, -0.1) is 11.3 Å². The van der Waals surface area contributed by atoms with Gasteiger partial charge in [0.15, 0.2) is 0 Å². The van der Waals surface area contributed by atoms with E-state index in [1.807, 2.05) is 51.3 Å². The lowest BCUT2D eigenvalue weighted by Gasteiger charge is -2.23. The number of likely N-dealkylation sites (tertiary alicyclic amines) is 1. The summed E-state index contributed by atoms with van der Waals surface area (Å²) in [7, 11) is 0. The molecule has 0 bridgehead atoms.